The van der Waals surface area contributed by atoms with Gasteiger partial charge in [0.25, 0.3) is 0 Å². The lowest BCUT2D eigenvalue weighted by Crippen LogP contribution is -2.11. The predicted octanol–water partition coefficient (Wildman–Crippen LogP) is 3.40. The first-order valence-electron chi connectivity index (χ1n) is 6.45. The van der Waals surface area contributed by atoms with Crippen molar-refractivity contribution in [2.45, 2.75) is 51.4 Å². The summed E-state index contributed by atoms with van der Waals surface area (Å²) in [5.41, 5.74) is 1.13. The largest absolute Gasteiger partial charge is 0.240 e. The van der Waals surface area contributed by atoms with Crippen LogP contribution in [0.4, 0.5) is 0 Å². The molecule has 1 unspecified atom stereocenters. The fourth-order valence-electron chi connectivity index (χ4n) is 2.49. The lowest BCUT2D eigenvalue weighted by Gasteiger charge is -2.14. The Morgan fingerprint density at radius 1 is 1.35 bits per heavy atom. The summed E-state index contributed by atoms with van der Waals surface area (Å²) in [7, 11) is 0. The molecule has 17 heavy (non-hydrogen) atoms. The Hall–Kier alpha value is -1.43. The van der Waals surface area contributed by atoms with Crippen LogP contribution in [0, 0.1) is 17.2 Å². The van der Waals surface area contributed by atoms with Gasteiger partial charge in [0, 0.05) is 17.8 Å². The summed E-state index contributed by atoms with van der Waals surface area (Å²) in [5, 5.41) is 9.18. The molecule has 0 N–H and O–H groups in total. The molecule has 0 aliphatic heterocycles. The Kier molecular flexibility index (Phi) is 3.73. The SMILES string of the molecule is CC(C)C(C#N)c1nccc(C2CCCC2)n1. The highest BCUT2D eigenvalue weighted by atomic mass is 14.9. The second-order valence-corrected chi connectivity index (χ2v) is 5.17. The van der Waals surface area contributed by atoms with Gasteiger partial charge in [-0.05, 0) is 24.8 Å². The van der Waals surface area contributed by atoms with Crippen LogP contribution in [0.2, 0.25) is 0 Å². The van der Waals surface area contributed by atoms with Gasteiger partial charge in [0.05, 0.1) is 6.07 Å². The molecule has 3 heteroatoms. The molecule has 1 saturated carbocycles. The molecule has 0 aromatic carbocycles. The van der Waals surface area contributed by atoms with Crippen molar-refractivity contribution in [3.05, 3.63) is 23.8 Å². The first kappa shape index (κ1) is 12.0. The van der Waals surface area contributed by atoms with Crippen LogP contribution >= 0.6 is 0 Å². The molecular weight excluding hydrogens is 210 g/mol. The van der Waals surface area contributed by atoms with Crippen molar-refractivity contribution in [3.63, 3.8) is 0 Å². The highest BCUT2D eigenvalue weighted by Gasteiger charge is 2.22. The Morgan fingerprint density at radius 3 is 2.65 bits per heavy atom. The normalized spacial score (nSPS) is 18.2. The van der Waals surface area contributed by atoms with Crippen LogP contribution in [-0.2, 0) is 0 Å². The van der Waals surface area contributed by atoms with Crippen molar-refractivity contribution in [1.82, 2.24) is 9.97 Å². The Labute approximate surface area is 103 Å². The van der Waals surface area contributed by atoms with E-state index in [-0.39, 0.29) is 11.8 Å². The molecule has 1 atom stereocenters. The van der Waals surface area contributed by atoms with Gasteiger partial charge in [0.15, 0.2) is 0 Å². The number of rotatable bonds is 3. The number of hydrogen-bond donors (Lipinski definition) is 0. The van der Waals surface area contributed by atoms with Gasteiger partial charge in [-0.3, -0.25) is 0 Å². The van der Waals surface area contributed by atoms with Gasteiger partial charge in [-0.2, -0.15) is 5.26 Å². The quantitative estimate of drug-likeness (QED) is 0.798. The molecule has 0 bridgehead atoms. The summed E-state index contributed by atoms with van der Waals surface area (Å²) in [6, 6.07) is 4.32. The highest BCUT2D eigenvalue weighted by Crippen LogP contribution is 2.33. The average Bonchev–Trinajstić information content (AvgIpc) is 2.83. The Morgan fingerprint density at radius 2 is 2.06 bits per heavy atom. The van der Waals surface area contributed by atoms with Crippen LogP contribution in [0.1, 0.15) is 62.9 Å². The molecule has 1 aromatic heterocycles. The standard InChI is InChI=1S/C14H19N3/c1-10(2)12(9-15)14-16-8-7-13(17-14)11-5-3-4-6-11/h7-8,10-12H,3-6H2,1-2H3. The molecule has 0 amide bonds. The van der Waals surface area contributed by atoms with Gasteiger partial charge < -0.3 is 0 Å². The Balaban J connectivity index is 2.24. The van der Waals surface area contributed by atoms with Crippen LogP contribution < -0.4 is 0 Å². The smallest absolute Gasteiger partial charge is 0.145 e. The third-order valence-electron chi connectivity index (χ3n) is 3.55. The maximum absolute atomic E-state index is 9.18. The molecule has 1 aliphatic carbocycles. The molecule has 0 spiro atoms. The fourth-order valence-corrected chi connectivity index (χ4v) is 2.49. The van der Waals surface area contributed by atoms with Gasteiger partial charge in [-0.15, -0.1) is 0 Å². The second kappa shape index (κ2) is 5.27. The van der Waals surface area contributed by atoms with E-state index in [0.29, 0.717) is 11.7 Å². The van der Waals surface area contributed by atoms with Crippen molar-refractivity contribution < 1.29 is 0 Å². The van der Waals surface area contributed by atoms with E-state index in [0.717, 1.165) is 5.69 Å². The third-order valence-corrected chi connectivity index (χ3v) is 3.55. The van der Waals surface area contributed by atoms with Gasteiger partial charge in [0.1, 0.15) is 11.7 Å². The first-order valence-corrected chi connectivity index (χ1v) is 6.45. The monoisotopic (exact) mass is 229 g/mol. The van der Waals surface area contributed by atoms with Crippen molar-refractivity contribution in [2.24, 2.45) is 5.92 Å². The zero-order valence-corrected chi connectivity index (χ0v) is 10.6. The minimum Gasteiger partial charge on any atom is -0.240 e. The molecule has 3 nitrogen and oxygen atoms in total. The zero-order chi connectivity index (χ0) is 12.3. The van der Waals surface area contributed by atoms with Crippen molar-refractivity contribution in [2.75, 3.05) is 0 Å². The topological polar surface area (TPSA) is 49.6 Å². The minimum atomic E-state index is -0.184. The van der Waals surface area contributed by atoms with Crippen LogP contribution in [0.25, 0.3) is 0 Å². The molecule has 0 saturated heterocycles. The van der Waals surface area contributed by atoms with Crippen LogP contribution in [0.3, 0.4) is 0 Å². The molecule has 1 aromatic rings. The Bertz CT molecular complexity index is 414. The second-order valence-electron chi connectivity index (χ2n) is 5.17. The highest BCUT2D eigenvalue weighted by molar-refractivity contribution is 5.16. The lowest BCUT2D eigenvalue weighted by molar-refractivity contribution is 0.554. The molecule has 1 heterocycles. The molecule has 2 rings (SSSR count). The van der Waals surface area contributed by atoms with Gasteiger partial charge in [-0.1, -0.05) is 26.7 Å². The molecule has 1 fully saturated rings. The van der Waals surface area contributed by atoms with Crippen LogP contribution in [-0.4, -0.2) is 9.97 Å². The zero-order valence-electron chi connectivity index (χ0n) is 10.6. The number of nitrogens with zero attached hydrogens (tertiary/aromatic N) is 3. The number of hydrogen-bond acceptors (Lipinski definition) is 3. The first-order chi connectivity index (χ1) is 8.22. The molecule has 1 aliphatic rings. The van der Waals surface area contributed by atoms with E-state index in [4.69, 9.17) is 0 Å². The van der Waals surface area contributed by atoms with Gasteiger partial charge in [-0.25, -0.2) is 9.97 Å². The third kappa shape index (κ3) is 2.63. The summed E-state index contributed by atoms with van der Waals surface area (Å²) < 4.78 is 0. The van der Waals surface area contributed by atoms with E-state index in [1.54, 1.807) is 0 Å². The predicted molar refractivity (Wildman–Crippen MR) is 66.4 cm³/mol. The number of nitriles is 1. The minimum absolute atomic E-state index is 0.184. The van der Waals surface area contributed by atoms with Crippen molar-refractivity contribution in [1.29, 1.82) is 5.26 Å². The maximum Gasteiger partial charge on any atom is 0.145 e. The van der Waals surface area contributed by atoms with Crippen LogP contribution in [0.15, 0.2) is 12.3 Å². The lowest BCUT2D eigenvalue weighted by atomic mass is 9.96. The maximum atomic E-state index is 9.18. The summed E-state index contributed by atoms with van der Waals surface area (Å²) in [6.45, 7) is 4.08. The fraction of sp³-hybridized carbons (Fsp3) is 0.643. The average molecular weight is 229 g/mol. The van der Waals surface area contributed by atoms with Crippen molar-refractivity contribution in [3.8, 4) is 6.07 Å². The summed E-state index contributed by atoms with van der Waals surface area (Å²) in [4.78, 5) is 8.88. The summed E-state index contributed by atoms with van der Waals surface area (Å²) in [5.74, 6) is 1.37. The van der Waals surface area contributed by atoms with E-state index in [1.165, 1.54) is 25.7 Å². The molecular formula is C14H19N3. The number of aromatic nitrogens is 2. The van der Waals surface area contributed by atoms with E-state index < -0.39 is 0 Å². The van der Waals surface area contributed by atoms with E-state index in [9.17, 15) is 5.26 Å². The van der Waals surface area contributed by atoms with Gasteiger partial charge >= 0.3 is 0 Å². The molecule has 90 valence electrons. The van der Waals surface area contributed by atoms with E-state index >= 15 is 0 Å². The van der Waals surface area contributed by atoms with Crippen LogP contribution in [0.5, 0.6) is 0 Å². The van der Waals surface area contributed by atoms with E-state index in [1.807, 2.05) is 26.1 Å². The van der Waals surface area contributed by atoms with E-state index in [2.05, 4.69) is 16.0 Å². The summed E-state index contributed by atoms with van der Waals surface area (Å²) >= 11 is 0. The molecule has 0 radical (unpaired) electrons. The summed E-state index contributed by atoms with van der Waals surface area (Å²) in [6.07, 6.45) is 6.87. The van der Waals surface area contributed by atoms with Gasteiger partial charge in [0.2, 0.25) is 0 Å². The van der Waals surface area contributed by atoms with Crippen molar-refractivity contribution >= 4 is 0 Å².